The molecule has 1 unspecified atom stereocenters. The molecule has 0 bridgehead atoms. The van der Waals surface area contributed by atoms with Crippen LogP contribution in [0.5, 0.6) is 0 Å². The van der Waals surface area contributed by atoms with E-state index >= 15 is 0 Å². The zero-order valence-corrected chi connectivity index (χ0v) is 9.83. The van der Waals surface area contributed by atoms with Gasteiger partial charge in [0.1, 0.15) is 5.82 Å². The molecule has 4 heteroatoms. The van der Waals surface area contributed by atoms with Crippen molar-refractivity contribution in [3.05, 3.63) is 41.3 Å². The standard InChI is InChI=1S/C12H14ClN3/c1-2-10(14)12-15-7-11(16-12)8-5-3-4-6-9(8)13/h3-7,10H,2,14H2,1H3,(H,15,16). The number of halogens is 1. The van der Waals surface area contributed by atoms with E-state index in [-0.39, 0.29) is 6.04 Å². The fourth-order valence-electron chi connectivity index (χ4n) is 1.53. The van der Waals surface area contributed by atoms with Gasteiger partial charge in [0.2, 0.25) is 0 Å². The Kier molecular flexibility index (Phi) is 3.27. The third kappa shape index (κ3) is 2.10. The molecule has 0 radical (unpaired) electrons. The molecule has 3 nitrogen and oxygen atoms in total. The van der Waals surface area contributed by atoms with Gasteiger partial charge < -0.3 is 10.7 Å². The van der Waals surface area contributed by atoms with E-state index in [1.807, 2.05) is 31.2 Å². The number of benzene rings is 1. The van der Waals surface area contributed by atoms with Crippen molar-refractivity contribution in [2.75, 3.05) is 0 Å². The maximum Gasteiger partial charge on any atom is 0.123 e. The molecule has 3 N–H and O–H groups in total. The van der Waals surface area contributed by atoms with Crippen LogP contribution in [0.4, 0.5) is 0 Å². The van der Waals surface area contributed by atoms with Crippen LogP contribution >= 0.6 is 11.6 Å². The number of nitrogens with one attached hydrogen (secondary N) is 1. The fraction of sp³-hybridized carbons (Fsp3) is 0.250. The quantitative estimate of drug-likeness (QED) is 0.859. The van der Waals surface area contributed by atoms with Gasteiger partial charge in [-0.2, -0.15) is 0 Å². The Balaban J connectivity index is 2.35. The second-order valence-corrected chi connectivity index (χ2v) is 4.08. The summed E-state index contributed by atoms with van der Waals surface area (Å²) in [5.74, 6) is 0.803. The van der Waals surface area contributed by atoms with Gasteiger partial charge in [0.15, 0.2) is 0 Å². The molecule has 0 saturated heterocycles. The van der Waals surface area contributed by atoms with Crippen molar-refractivity contribution in [3.8, 4) is 11.3 Å². The Morgan fingerprint density at radius 3 is 2.88 bits per heavy atom. The van der Waals surface area contributed by atoms with Crippen LogP contribution in [0.3, 0.4) is 0 Å². The minimum atomic E-state index is -0.0452. The van der Waals surface area contributed by atoms with Gasteiger partial charge in [-0.3, -0.25) is 0 Å². The second kappa shape index (κ2) is 4.68. The number of rotatable bonds is 3. The molecular weight excluding hydrogens is 222 g/mol. The van der Waals surface area contributed by atoms with Gasteiger partial charge in [0.05, 0.1) is 17.9 Å². The molecule has 1 atom stereocenters. The van der Waals surface area contributed by atoms with Crippen LogP contribution in [0.2, 0.25) is 5.02 Å². The number of hydrogen-bond acceptors (Lipinski definition) is 2. The number of imidazole rings is 1. The van der Waals surface area contributed by atoms with Crippen molar-refractivity contribution in [1.29, 1.82) is 0 Å². The largest absolute Gasteiger partial charge is 0.341 e. The van der Waals surface area contributed by atoms with Crippen molar-refractivity contribution in [3.63, 3.8) is 0 Å². The fourth-order valence-corrected chi connectivity index (χ4v) is 1.77. The van der Waals surface area contributed by atoms with Gasteiger partial charge in [0.25, 0.3) is 0 Å². The topological polar surface area (TPSA) is 54.7 Å². The summed E-state index contributed by atoms with van der Waals surface area (Å²) in [6.07, 6.45) is 2.63. The lowest BCUT2D eigenvalue weighted by molar-refractivity contribution is 0.658. The first kappa shape index (κ1) is 11.2. The van der Waals surface area contributed by atoms with E-state index in [4.69, 9.17) is 17.3 Å². The van der Waals surface area contributed by atoms with E-state index in [9.17, 15) is 0 Å². The molecule has 0 aliphatic rings. The lowest BCUT2D eigenvalue weighted by Crippen LogP contribution is -2.10. The first-order chi connectivity index (χ1) is 7.72. The Labute approximate surface area is 99.7 Å². The van der Waals surface area contributed by atoms with E-state index in [2.05, 4.69) is 9.97 Å². The molecule has 0 amide bonds. The Morgan fingerprint density at radius 2 is 2.19 bits per heavy atom. The summed E-state index contributed by atoms with van der Waals surface area (Å²) in [7, 11) is 0. The van der Waals surface area contributed by atoms with Crippen LogP contribution in [0.25, 0.3) is 11.3 Å². The van der Waals surface area contributed by atoms with Gasteiger partial charge in [-0.15, -0.1) is 0 Å². The lowest BCUT2D eigenvalue weighted by Gasteiger charge is -2.04. The molecule has 2 rings (SSSR count). The Morgan fingerprint density at radius 1 is 1.44 bits per heavy atom. The number of nitrogens with two attached hydrogens (primary N) is 1. The summed E-state index contributed by atoms with van der Waals surface area (Å²) in [6, 6.07) is 7.62. The Hall–Kier alpha value is -1.32. The van der Waals surface area contributed by atoms with Crippen molar-refractivity contribution in [2.24, 2.45) is 5.73 Å². The van der Waals surface area contributed by atoms with Crippen molar-refractivity contribution in [2.45, 2.75) is 19.4 Å². The summed E-state index contributed by atoms with van der Waals surface area (Å²) in [5.41, 5.74) is 7.75. The maximum atomic E-state index is 6.10. The summed E-state index contributed by atoms with van der Waals surface area (Å²) in [5, 5.41) is 0.711. The zero-order valence-electron chi connectivity index (χ0n) is 9.07. The van der Waals surface area contributed by atoms with Crippen LogP contribution < -0.4 is 5.73 Å². The Bertz CT molecular complexity index is 479. The third-order valence-corrected chi connectivity index (χ3v) is 2.88. The minimum Gasteiger partial charge on any atom is -0.341 e. The van der Waals surface area contributed by atoms with Crippen LogP contribution in [0, 0.1) is 0 Å². The molecule has 1 aromatic heterocycles. The number of aromatic amines is 1. The highest BCUT2D eigenvalue weighted by Gasteiger charge is 2.10. The highest BCUT2D eigenvalue weighted by molar-refractivity contribution is 6.33. The first-order valence-corrected chi connectivity index (χ1v) is 5.65. The summed E-state index contributed by atoms with van der Waals surface area (Å²) in [4.78, 5) is 7.47. The molecule has 0 spiro atoms. The zero-order chi connectivity index (χ0) is 11.5. The highest BCUT2D eigenvalue weighted by Crippen LogP contribution is 2.26. The predicted molar refractivity (Wildman–Crippen MR) is 66.3 cm³/mol. The van der Waals surface area contributed by atoms with Crippen molar-refractivity contribution >= 4 is 11.6 Å². The number of nitrogens with zero attached hydrogens (tertiary/aromatic N) is 1. The molecule has 1 aromatic carbocycles. The average Bonchev–Trinajstić information content (AvgIpc) is 2.78. The molecule has 0 aliphatic heterocycles. The molecule has 2 aromatic rings. The molecular formula is C12H14ClN3. The molecule has 0 saturated carbocycles. The summed E-state index contributed by atoms with van der Waals surface area (Å²) >= 11 is 6.10. The van der Waals surface area contributed by atoms with Crippen LogP contribution in [0.15, 0.2) is 30.5 Å². The molecule has 0 fully saturated rings. The van der Waals surface area contributed by atoms with Gasteiger partial charge in [-0.05, 0) is 12.5 Å². The molecule has 16 heavy (non-hydrogen) atoms. The number of hydrogen-bond donors (Lipinski definition) is 2. The number of H-pyrrole nitrogens is 1. The van der Waals surface area contributed by atoms with E-state index in [0.29, 0.717) is 5.02 Å². The summed E-state index contributed by atoms with van der Waals surface area (Å²) in [6.45, 7) is 2.03. The molecule has 84 valence electrons. The van der Waals surface area contributed by atoms with Crippen molar-refractivity contribution in [1.82, 2.24) is 9.97 Å². The molecule has 0 aliphatic carbocycles. The highest BCUT2D eigenvalue weighted by atomic mass is 35.5. The van der Waals surface area contributed by atoms with E-state index in [1.54, 1.807) is 6.20 Å². The monoisotopic (exact) mass is 235 g/mol. The maximum absolute atomic E-state index is 6.10. The van der Waals surface area contributed by atoms with Gasteiger partial charge >= 0.3 is 0 Å². The average molecular weight is 236 g/mol. The van der Waals surface area contributed by atoms with Gasteiger partial charge in [-0.25, -0.2) is 4.98 Å². The van der Waals surface area contributed by atoms with Crippen LogP contribution in [-0.4, -0.2) is 9.97 Å². The molecule has 1 heterocycles. The lowest BCUT2D eigenvalue weighted by atomic mass is 10.2. The third-order valence-electron chi connectivity index (χ3n) is 2.55. The van der Waals surface area contributed by atoms with Gasteiger partial charge in [-0.1, -0.05) is 36.7 Å². The number of aromatic nitrogens is 2. The SMILES string of the molecule is CCC(N)c1ncc(-c2ccccc2Cl)[nH]1. The van der Waals surface area contributed by atoms with Crippen LogP contribution in [-0.2, 0) is 0 Å². The first-order valence-electron chi connectivity index (χ1n) is 5.27. The minimum absolute atomic E-state index is 0.0452. The van der Waals surface area contributed by atoms with Crippen molar-refractivity contribution < 1.29 is 0 Å². The van der Waals surface area contributed by atoms with E-state index in [0.717, 1.165) is 23.5 Å². The van der Waals surface area contributed by atoms with Gasteiger partial charge in [0, 0.05) is 10.6 Å². The normalized spacial score (nSPS) is 12.7. The van der Waals surface area contributed by atoms with E-state index in [1.165, 1.54) is 0 Å². The predicted octanol–water partition coefficient (Wildman–Crippen LogP) is 3.14. The second-order valence-electron chi connectivity index (χ2n) is 3.68. The summed E-state index contributed by atoms with van der Waals surface area (Å²) < 4.78 is 0. The smallest absolute Gasteiger partial charge is 0.123 e. The van der Waals surface area contributed by atoms with E-state index < -0.39 is 0 Å². The van der Waals surface area contributed by atoms with Crippen LogP contribution in [0.1, 0.15) is 25.2 Å².